The third-order valence-corrected chi connectivity index (χ3v) is 1.81. The first-order valence-corrected chi connectivity index (χ1v) is 4.61. The lowest BCUT2D eigenvalue weighted by Gasteiger charge is -2.02. The quantitative estimate of drug-likeness (QED) is 0.461. The molecule has 0 aromatic heterocycles. The Balaban J connectivity index is 3.19. The molecule has 12 heavy (non-hydrogen) atoms. The zero-order chi connectivity index (χ0) is 9.40. The van der Waals surface area contributed by atoms with Crippen LogP contribution in [0.15, 0.2) is 12.2 Å². The summed E-state index contributed by atoms with van der Waals surface area (Å²) in [6.07, 6.45) is 5.77. The maximum absolute atomic E-state index is 10.4. The third-order valence-electron chi connectivity index (χ3n) is 1.81. The van der Waals surface area contributed by atoms with Gasteiger partial charge in [0.1, 0.15) is 0 Å². The lowest BCUT2D eigenvalue weighted by Crippen LogP contribution is -2.09. The van der Waals surface area contributed by atoms with Gasteiger partial charge in [0.2, 0.25) is 5.91 Å². The van der Waals surface area contributed by atoms with Crippen molar-refractivity contribution in [2.75, 3.05) is 0 Å². The van der Waals surface area contributed by atoms with Crippen LogP contribution in [0.4, 0.5) is 0 Å². The van der Waals surface area contributed by atoms with E-state index in [9.17, 15) is 4.79 Å². The Morgan fingerprint density at radius 2 is 1.83 bits per heavy atom. The van der Waals surface area contributed by atoms with Gasteiger partial charge in [-0.15, -0.1) is 0 Å². The average Bonchev–Trinajstić information content (AvgIpc) is 1.98. The van der Waals surface area contributed by atoms with E-state index in [2.05, 4.69) is 13.5 Å². The van der Waals surface area contributed by atoms with E-state index in [0.717, 1.165) is 32.1 Å². The summed E-state index contributed by atoms with van der Waals surface area (Å²) in [5.41, 5.74) is 6.30. The van der Waals surface area contributed by atoms with E-state index in [0.29, 0.717) is 6.42 Å². The van der Waals surface area contributed by atoms with Gasteiger partial charge >= 0.3 is 0 Å². The summed E-state index contributed by atoms with van der Waals surface area (Å²) in [4.78, 5) is 10.4. The van der Waals surface area contributed by atoms with Crippen LogP contribution in [-0.2, 0) is 4.79 Å². The van der Waals surface area contributed by atoms with Gasteiger partial charge in [0.15, 0.2) is 0 Å². The molecule has 0 fully saturated rings. The second-order valence-corrected chi connectivity index (χ2v) is 3.17. The van der Waals surface area contributed by atoms with Crippen molar-refractivity contribution in [2.24, 2.45) is 5.73 Å². The van der Waals surface area contributed by atoms with Gasteiger partial charge < -0.3 is 5.73 Å². The molecule has 0 aromatic carbocycles. The molecule has 0 aliphatic carbocycles. The minimum absolute atomic E-state index is 0.198. The molecular formula is C10H19NO. The molecule has 0 saturated heterocycles. The van der Waals surface area contributed by atoms with Gasteiger partial charge in [0, 0.05) is 6.42 Å². The van der Waals surface area contributed by atoms with E-state index in [1.165, 1.54) is 5.57 Å². The largest absolute Gasteiger partial charge is 0.370 e. The molecule has 2 heteroatoms. The predicted octanol–water partition coefficient (Wildman–Crippen LogP) is 2.39. The van der Waals surface area contributed by atoms with Crippen molar-refractivity contribution in [3.05, 3.63) is 12.2 Å². The zero-order valence-electron chi connectivity index (χ0n) is 7.94. The fourth-order valence-corrected chi connectivity index (χ4v) is 1.15. The first kappa shape index (κ1) is 11.2. The molecular weight excluding hydrogens is 150 g/mol. The summed E-state index contributed by atoms with van der Waals surface area (Å²) in [7, 11) is 0. The highest BCUT2D eigenvalue weighted by molar-refractivity contribution is 5.73. The predicted molar refractivity (Wildman–Crippen MR) is 51.7 cm³/mol. The topological polar surface area (TPSA) is 43.1 Å². The summed E-state index contributed by atoms with van der Waals surface area (Å²) in [5, 5.41) is 0. The minimum atomic E-state index is -0.198. The van der Waals surface area contributed by atoms with Gasteiger partial charge in [-0.3, -0.25) is 4.79 Å². The SMILES string of the molecule is C=C(CCC)CCCCC(N)=O. The molecule has 0 aromatic rings. The standard InChI is InChI=1S/C10H19NO/c1-3-6-9(2)7-4-5-8-10(11)12/h2-8H2,1H3,(H2,11,12). The van der Waals surface area contributed by atoms with Crippen LogP contribution in [-0.4, -0.2) is 5.91 Å². The van der Waals surface area contributed by atoms with E-state index < -0.39 is 0 Å². The summed E-state index contributed by atoms with van der Waals surface area (Å²) in [6.45, 7) is 6.09. The number of carbonyl (C=O) groups excluding carboxylic acids is 1. The van der Waals surface area contributed by atoms with Crippen LogP contribution in [0.2, 0.25) is 0 Å². The molecule has 0 radical (unpaired) electrons. The highest BCUT2D eigenvalue weighted by Crippen LogP contribution is 2.11. The Labute approximate surface area is 74.8 Å². The van der Waals surface area contributed by atoms with Gasteiger partial charge in [-0.1, -0.05) is 25.5 Å². The van der Waals surface area contributed by atoms with Crippen LogP contribution in [0.25, 0.3) is 0 Å². The van der Waals surface area contributed by atoms with Crippen LogP contribution in [0.1, 0.15) is 45.4 Å². The molecule has 0 aliphatic heterocycles. The van der Waals surface area contributed by atoms with E-state index >= 15 is 0 Å². The molecule has 2 N–H and O–H groups in total. The van der Waals surface area contributed by atoms with E-state index in [1.54, 1.807) is 0 Å². The molecule has 0 unspecified atom stereocenters. The Morgan fingerprint density at radius 1 is 1.25 bits per heavy atom. The summed E-state index contributed by atoms with van der Waals surface area (Å²) >= 11 is 0. The second-order valence-electron chi connectivity index (χ2n) is 3.17. The molecule has 0 bridgehead atoms. The maximum Gasteiger partial charge on any atom is 0.217 e. The lowest BCUT2D eigenvalue weighted by molar-refractivity contribution is -0.118. The van der Waals surface area contributed by atoms with Crippen molar-refractivity contribution >= 4 is 5.91 Å². The monoisotopic (exact) mass is 169 g/mol. The third kappa shape index (κ3) is 7.32. The summed E-state index contributed by atoms with van der Waals surface area (Å²) in [6, 6.07) is 0. The second kappa shape index (κ2) is 6.89. The summed E-state index contributed by atoms with van der Waals surface area (Å²) < 4.78 is 0. The normalized spacial score (nSPS) is 9.75. The number of allylic oxidation sites excluding steroid dienone is 1. The fourth-order valence-electron chi connectivity index (χ4n) is 1.15. The number of rotatable bonds is 7. The Kier molecular flexibility index (Phi) is 6.44. The van der Waals surface area contributed by atoms with Crippen molar-refractivity contribution in [1.82, 2.24) is 0 Å². The smallest absolute Gasteiger partial charge is 0.217 e. The number of unbranched alkanes of at least 4 members (excludes halogenated alkanes) is 1. The molecule has 1 amide bonds. The highest BCUT2D eigenvalue weighted by atomic mass is 16.1. The summed E-state index contributed by atoms with van der Waals surface area (Å²) in [5.74, 6) is -0.198. The van der Waals surface area contributed by atoms with E-state index in [4.69, 9.17) is 5.73 Å². The Bertz CT molecular complexity index is 152. The van der Waals surface area contributed by atoms with Crippen molar-refractivity contribution in [2.45, 2.75) is 45.4 Å². The van der Waals surface area contributed by atoms with Crippen LogP contribution in [0.5, 0.6) is 0 Å². The highest BCUT2D eigenvalue weighted by Gasteiger charge is 1.96. The van der Waals surface area contributed by atoms with Crippen molar-refractivity contribution < 1.29 is 4.79 Å². The molecule has 0 heterocycles. The number of nitrogens with two attached hydrogens (primary N) is 1. The molecule has 0 saturated carbocycles. The lowest BCUT2D eigenvalue weighted by atomic mass is 10.1. The molecule has 0 atom stereocenters. The molecule has 0 aliphatic rings. The first-order valence-electron chi connectivity index (χ1n) is 4.61. The van der Waals surface area contributed by atoms with Crippen LogP contribution in [0, 0.1) is 0 Å². The number of amides is 1. The Hall–Kier alpha value is -0.790. The van der Waals surface area contributed by atoms with Crippen molar-refractivity contribution in [3.63, 3.8) is 0 Å². The molecule has 0 rings (SSSR count). The molecule has 70 valence electrons. The van der Waals surface area contributed by atoms with Gasteiger partial charge in [0.25, 0.3) is 0 Å². The molecule has 0 spiro atoms. The number of carbonyl (C=O) groups is 1. The maximum atomic E-state index is 10.4. The van der Waals surface area contributed by atoms with Gasteiger partial charge in [-0.25, -0.2) is 0 Å². The first-order chi connectivity index (χ1) is 5.66. The minimum Gasteiger partial charge on any atom is -0.370 e. The van der Waals surface area contributed by atoms with Crippen LogP contribution >= 0.6 is 0 Å². The molecule has 2 nitrogen and oxygen atoms in total. The Morgan fingerprint density at radius 3 is 2.33 bits per heavy atom. The number of primary amides is 1. The number of hydrogen-bond acceptors (Lipinski definition) is 1. The van der Waals surface area contributed by atoms with E-state index in [1.807, 2.05) is 0 Å². The van der Waals surface area contributed by atoms with Gasteiger partial charge in [0.05, 0.1) is 0 Å². The average molecular weight is 169 g/mol. The van der Waals surface area contributed by atoms with Crippen LogP contribution in [0.3, 0.4) is 0 Å². The van der Waals surface area contributed by atoms with Gasteiger partial charge in [-0.05, 0) is 25.7 Å². The van der Waals surface area contributed by atoms with E-state index in [-0.39, 0.29) is 5.91 Å². The fraction of sp³-hybridized carbons (Fsp3) is 0.700. The van der Waals surface area contributed by atoms with Crippen LogP contribution < -0.4 is 5.73 Å². The number of hydrogen-bond donors (Lipinski definition) is 1. The van der Waals surface area contributed by atoms with Gasteiger partial charge in [-0.2, -0.15) is 0 Å². The van der Waals surface area contributed by atoms with Crippen molar-refractivity contribution in [1.29, 1.82) is 0 Å². The van der Waals surface area contributed by atoms with Crippen molar-refractivity contribution in [3.8, 4) is 0 Å². The zero-order valence-corrected chi connectivity index (χ0v) is 7.94.